The summed E-state index contributed by atoms with van der Waals surface area (Å²) in [6.07, 6.45) is 4.43. The van der Waals surface area contributed by atoms with Crippen LogP contribution in [0, 0.1) is 12.8 Å². The molecule has 1 atom stereocenters. The number of amides is 1. The summed E-state index contributed by atoms with van der Waals surface area (Å²) < 4.78 is 34.2. The van der Waals surface area contributed by atoms with Crippen LogP contribution in [0.4, 0.5) is 0 Å². The monoisotopic (exact) mass is 380 g/mol. The molecular formula is C17H24N4O4S. The van der Waals surface area contributed by atoms with Gasteiger partial charge in [0.2, 0.25) is 15.9 Å². The van der Waals surface area contributed by atoms with Gasteiger partial charge in [-0.3, -0.25) is 9.48 Å². The Morgan fingerprint density at radius 1 is 1.46 bits per heavy atom. The molecule has 0 radical (unpaired) electrons. The molecule has 26 heavy (non-hydrogen) atoms. The smallest absolute Gasteiger partial charge is 0.246 e. The van der Waals surface area contributed by atoms with E-state index in [1.54, 1.807) is 36.2 Å². The fraction of sp³-hybridized carbons (Fsp3) is 0.529. The summed E-state index contributed by atoms with van der Waals surface area (Å²) in [7, 11) is -3.66. The summed E-state index contributed by atoms with van der Waals surface area (Å²) in [5, 5.41) is 7.04. The lowest BCUT2D eigenvalue weighted by molar-refractivity contribution is -0.126. The average Bonchev–Trinajstić information content (AvgIpc) is 3.29. The second-order valence-electron chi connectivity index (χ2n) is 6.43. The van der Waals surface area contributed by atoms with Gasteiger partial charge < -0.3 is 9.73 Å². The number of hydrogen-bond donors (Lipinski definition) is 1. The number of nitrogens with zero attached hydrogens (tertiary/aromatic N) is 3. The topological polar surface area (TPSA) is 97.4 Å². The Hall–Kier alpha value is -2.13. The third kappa shape index (κ3) is 3.83. The molecule has 9 heteroatoms. The first-order valence-corrected chi connectivity index (χ1v) is 10.2. The molecule has 0 unspecified atom stereocenters. The molecule has 0 saturated carbocycles. The summed E-state index contributed by atoms with van der Waals surface area (Å²) in [5.41, 5.74) is 0.483. The Morgan fingerprint density at radius 3 is 2.92 bits per heavy atom. The zero-order valence-electron chi connectivity index (χ0n) is 15.0. The van der Waals surface area contributed by atoms with Crippen LogP contribution in [0.3, 0.4) is 0 Å². The van der Waals surface area contributed by atoms with E-state index >= 15 is 0 Å². The summed E-state index contributed by atoms with van der Waals surface area (Å²) >= 11 is 0. The molecule has 8 nitrogen and oxygen atoms in total. The molecular weight excluding hydrogens is 356 g/mol. The van der Waals surface area contributed by atoms with Gasteiger partial charge >= 0.3 is 0 Å². The van der Waals surface area contributed by atoms with E-state index in [1.807, 2.05) is 6.92 Å². The standard InChI is InChI=1S/C17H24N4O4S/c1-3-20-12-16(13(2)19-20)26(23,24)21-8-4-6-14(11-21)17(22)18-10-15-7-5-9-25-15/h5,7,9,12,14H,3-4,6,8,10-11H2,1-2H3,(H,18,22)/t14-/m0/s1. The number of hydrogen-bond acceptors (Lipinski definition) is 5. The molecule has 1 aliphatic heterocycles. The summed E-state index contributed by atoms with van der Waals surface area (Å²) in [4.78, 5) is 12.6. The second-order valence-corrected chi connectivity index (χ2v) is 8.34. The molecule has 1 aliphatic rings. The second kappa shape index (κ2) is 7.63. The van der Waals surface area contributed by atoms with E-state index in [9.17, 15) is 13.2 Å². The Bertz CT molecular complexity index is 857. The van der Waals surface area contributed by atoms with Crippen LogP contribution >= 0.6 is 0 Å². The summed E-state index contributed by atoms with van der Waals surface area (Å²) in [5.74, 6) is 0.151. The SMILES string of the molecule is CCn1cc(S(=O)(=O)N2CCC[C@H](C(=O)NCc3ccco3)C2)c(C)n1. The molecule has 1 N–H and O–H groups in total. The number of carbonyl (C=O) groups excluding carboxylic acids is 1. The molecule has 0 spiro atoms. The van der Waals surface area contributed by atoms with Crippen molar-refractivity contribution in [3.05, 3.63) is 36.0 Å². The van der Waals surface area contributed by atoms with E-state index in [1.165, 1.54) is 4.31 Å². The maximum atomic E-state index is 13.0. The Kier molecular flexibility index (Phi) is 5.47. The number of nitrogens with one attached hydrogen (secondary N) is 1. The van der Waals surface area contributed by atoms with Crippen LogP contribution in [0.15, 0.2) is 33.9 Å². The Labute approximate surface area is 153 Å². The number of piperidine rings is 1. The maximum Gasteiger partial charge on any atom is 0.246 e. The van der Waals surface area contributed by atoms with Gasteiger partial charge in [-0.05, 0) is 38.8 Å². The van der Waals surface area contributed by atoms with E-state index < -0.39 is 10.0 Å². The molecule has 0 aromatic carbocycles. The van der Waals surface area contributed by atoms with Crippen molar-refractivity contribution in [3.63, 3.8) is 0 Å². The highest BCUT2D eigenvalue weighted by Crippen LogP contribution is 2.25. The first-order chi connectivity index (χ1) is 12.4. The largest absolute Gasteiger partial charge is 0.467 e. The third-order valence-corrected chi connectivity index (χ3v) is 6.58. The van der Waals surface area contributed by atoms with Gasteiger partial charge in [0.05, 0.1) is 24.4 Å². The van der Waals surface area contributed by atoms with Crippen LogP contribution in [0.2, 0.25) is 0 Å². The van der Waals surface area contributed by atoms with Crippen LogP contribution < -0.4 is 5.32 Å². The molecule has 1 amide bonds. The molecule has 2 aromatic heterocycles. The predicted molar refractivity (Wildman–Crippen MR) is 94.7 cm³/mol. The van der Waals surface area contributed by atoms with Gasteiger partial charge in [0.15, 0.2) is 0 Å². The van der Waals surface area contributed by atoms with Gasteiger partial charge in [0.1, 0.15) is 10.7 Å². The number of rotatable bonds is 6. The van der Waals surface area contributed by atoms with Crippen molar-refractivity contribution in [2.75, 3.05) is 13.1 Å². The van der Waals surface area contributed by atoms with E-state index in [2.05, 4.69) is 10.4 Å². The van der Waals surface area contributed by atoms with E-state index in [0.29, 0.717) is 43.9 Å². The first-order valence-electron chi connectivity index (χ1n) is 8.76. The fourth-order valence-electron chi connectivity index (χ4n) is 3.16. The lowest BCUT2D eigenvalue weighted by Crippen LogP contribution is -2.45. The van der Waals surface area contributed by atoms with Crippen molar-refractivity contribution in [2.45, 2.75) is 44.7 Å². The molecule has 3 rings (SSSR count). The Balaban J connectivity index is 1.68. The minimum atomic E-state index is -3.66. The quantitative estimate of drug-likeness (QED) is 0.819. The number of furan rings is 1. The van der Waals surface area contributed by atoms with Gasteiger partial charge in [-0.1, -0.05) is 0 Å². The molecule has 2 aromatic rings. The van der Waals surface area contributed by atoms with Crippen molar-refractivity contribution in [1.82, 2.24) is 19.4 Å². The van der Waals surface area contributed by atoms with E-state index in [4.69, 9.17) is 4.42 Å². The fourth-order valence-corrected chi connectivity index (χ4v) is 4.85. The lowest BCUT2D eigenvalue weighted by atomic mass is 9.99. The molecule has 142 valence electrons. The van der Waals surface area contributed by atoms with Crippen molar-refractivity contribution in [2.24, 2.45) is 5.92 Å². The lowest BCUT2D eigenvalue weighted by Gasteiger charge is -2.31. The number of aryl methyl sites for hydroxylation is 2. The molecule has 1 saturated heterocycles. The minimum absolute atomic E-state index is 0.151. The average molecular weight is 380 g/mol. The molecule has 1 fully saturated rings. The minimum Gasteiger partial charge on any atom is -0.467 e. The zero-order chi connectivity index (χ0) is 18.7. The summed E-state index contributed by atoms with van der Waals surface area (Å²) in [6.45, 7) is 5.11. The van der Waals surface area contributed by atoms with E-state index in [0.717, 1.165) is 0 Å². The van der Waals surface area contributed by atoms with Crippen molar-refractivity contribution in [3.8, 4) is 0 Å². The van der Waals surface area contributed by atoms with Crippen LogP contribution in [-0.4, -0.2) is 41.5 Å². The van der Waals surface area contributed by atoms with E-state index in [-0.39, 0.29) is 23.3 Å². The highest BCUT2D eigenvalue weighted by molar-refractivity contribution is 7.89. The van der Waals surface area contributed by atoms with Gasteiger partial charge in [0, 0.05) is 25.8 Å². The highest BCUT2D eigenvalue weighted by Gasteiger charge is 2.35. The van der Waals surface area contributed by atoms with Crippen molar-refractivity contribution < 1.29 is 17.6 Å². The molecule has 0 aliphatic carbocycles. The van der Waals surface area contributed by atoms with Crippen LogP contribution in [0.25, 0.3) is 0 Å². The van der Waals surface area contributed by atoms with Crippen LogP contribution in [0.1, 0.15) is 31.2 Å². The number of carbonyl (C=O) groups is 1. The molecule has 3 heterocycles. The van der Waals surface area contributed by atoms with Gasteiger partial charge in [-0.15, -0.1) is 0 Å². The van der Waals surface area contributed by atoms with Crippen molar-refractivity contribution in [1.29, 1.82) is 0 Å². The zero-order valence-corrected chi connectivity index (χ0v) is 15.8. The third-order valence-electron chi connectivity index (χ3n) is 4.61. The van der Waals surface area contributed by atoms with Crippen LogP contribution in [-0.2, 0) is 27.9 Å². The highest BCUT2D eigenvalue weighted by atomic mass is 32.2. The van der Waals surface area contributed by atoms with Gasteiger partial charge in [0.25, 0.3) is 0 Å². The maximum absolute atomic E-state index is 13.0. The first kappa shape index (κ1) is 18.7. The predicted octanol–water partition coefficient (Wildman–Crippen LogP) is 1.52. The number of sulfonamides is 1. The van der Waals surface area contributed by atoms with Gasteiger partial charge in [-0.25, -0.2) is 8.42 Å². The van der Waals surface area contributed by atoms with Crippen molar-refractivity contribution >= 4 is 15.9 Å². The normalized spacial score (nSPS) is 18.8. The Morgan fingerprint density at radius 2 is 2.27 bits per heavy atom. The summed E-state index contributed by atoms with van der Waals surface area (Å²) in [6, 6.07) is 3.54. The van der Waals surface area contributed by atoms with Crippen LogP contribution in [0.5, 0.6) is 0 Å². The number of aromatic nitrogens is 2. The molecule has 0 bridgehead atoms. The van der Waals surface area contributed by atoms with Gasteiger partial charge in [-0.2, -0.15) is 9.40 Å².